The second-order valence-corrected chi connectivity index (χ2v) is 5.07. The van der Waals surface area contributed by atoms with Gasteiger partial charge in [0.2, 0.25) is 0 Å². The fourth-order valence-electron chi connectivity index (χ4n) is 1.80. The summed E-state index contributed by atoms with van der Waals surface area (Å²) in [6.07, 6.45) is 0. The lowest BCUT2D eigenvalue weighted by atomic mass is 10.1. The van der Waals surface area contributed by atoms with Crippen molar-refractivity contribution < 1.29 is 9.50 Å². The number of hydrogen-bond acceptors (Lipinski definition) is 2. The van der Waals surface area contributed by atoms with E-state index in [1.54, 1.807) is 30.1 Å². The summed E-state index contributed by atoms with van der Waals surface area (Å²) in [5, 5.41) is 10.5. The summed E-state index contributed by atoms with van der Waals surface area (Å²) in [6, 6.07) is 9.33. The third kappa shape index (κ3) is 3.31. The molecular formula is C14H12Cl2FNO. The van der Waals surface area contributed by atoms with Gasteiger partial charge in [-0.15, -0.1) is 0 Å². The van der Waals surface area contributed by atoms with Crippen molar-refractivity contribution in [2.45, 2.75) is 6.54 Å². The zero-order valence-corrected chi connectivity index (χ0v) is 11.7. The Hall–Kier alpha value is -1.45. The van der Waals surface area contributed by atoms with Crippen LogP contribution in [-0.2, 0) is 6.54 Å². The Balaban J connectivity index is 2.26. The van der Waals surface area contributed by atoms with Gasteiger partial charge in [-0.1, -0.05) is 29.3 Å². The molecule has 0 heterocycles. The summed E-state index contributed by atoms with van der Waals surface area (Å²) >= 11 is 11.8. The van der Waals surface area contributed by atoms with E-state index in [9.17, 15) is 9.50 Å². The zero-order chi connectivity index (χ0) is 14.0. The van der Waals surface area contributed by atoms with Crippen LogP contribution < -0.4 is 4.90 Å². The largest absolute Gasteiger partial charge is 0.506 e. The van der Waals surface area contributed by atoms with Crippen LogP contribution in [0.3, 0.4) is 0 Å². The van der Waals surface area contributed by atoms with E-state index in [-0.39, 0.29) is 16.6 Å². The number of phenolic OH excluding ortho intramolecular Hbond substituents is 1. The molecule has 2 rings (SSSR count). The Morgan fingerprint density at radius 2 is 1.95 bits per heavy atom. The number of nitrogens with zero attached hydrogens (tertiary/aromatic N) is 1. The van der Waals surface area contributed by atoms with Crippen molar-refractivity contribution in [1.82, 2.24) is 0 Å². The Morgan fingerprint density at radius 1 is 1.21 bits per heavy atom. The molecule has 0 saturated heterocycles. The molecule has 2 nitrogen and oxygen atoms in total. The maximum absolute atomic E-state index is 13.2. The predicted octanol–water partition coefficient (Wildman–Crippen LogP) is 4.47. The molecule has 0 aliphatic carbocycles. The summed E-state index contributed by atoms with van der Waals surface area (Å²) in [6.45, 7) is 0.371. The molecule has 0 aromatic heterocycles. The van der Waals surface area contributed by atoms with Crippen molar-refractivity contribution >= 4 is 28.9 Å². The molecule has 0 amide bonds. The molecule has 0 radical (unpaired) electrons. The van der Waals surface area contributed by atoms with E-state index in [1.807, 2.05) is 0 Å². The van der Waals surface area contributed by atoms with E-state index in [0.717, 1.165) is 0 Å². The second kappa shape index (κ2) is 5.68. The van der Waals surface area contributed by atoms with Crippen LogP contribution in [0.15, 0.2) is 36.4 Å². The van der Waals surface area contributed by atoms with E-state index >= 15 is 0 Å². The van der Waals surface area contributed by atoms with Crippen molar-refractivity contribution in [2.24, 2.45) is 0 Å². The molecule has 0 fully saturated rings. The molecule has 0 atom stereocenters. The minimum atomic E-state index is -0.308. The lowest BCUT2D eigenvalue weighted by Crippen LogP contribution is -2.16. The first-order valence-electron chi connectivity index (χ1n) is 5.61. The predicted molar refractivity (Wildman–Crippen MR) is 76.6 cm³/mol. The van der Waals surface area contributed by atoms with E-state index in [1.165, 1.54) is 18.2 Å². The van der Waals surface area contributed by atoms with Gasteiger partial charge >= 0.3 is 0 Å². The second-order valence-electron chi connectivity index (χ2n) is 4.23. The van der Waals surface area contributed by atoms with Gasteiger partial charge in [0, 0.05) is 29.9 Å². The average Bonchev–Trinajstić information content (AvgIpc) is 2.35. The van der Waals surface area contributed by atoms with E-state index in [4.69, 9.17) is 23.2 Å². The van der Waals surface area contributed by atoms with Gasteiger partial charge in [-0.25, -0.2) is 4.39 Å². The van der Waals surface area contributed by atoms with Gasteiger partial charge in [0.25, 0.3) is 0 Å². The Morgan fingerprint density at radius 3 is 2.63 bits per heavy atom. The first kappa shape index (κ1) is 14.0. The number of benzene rings is 2. The lowest BCUT2D eigenvalue weighted by Gasteiger charge is -2.20. The normalized spacial score (nSPS) is 10.5. The molecule has 0 unspecified atom stereocenters. The molecular weight excluding hydrogens is 288 g/mol. The highest BCUT2D eigenvalue weighted by atomic mass is 35.5. The molecule has 0 aliphatic heterocycles. The zero-order valence-electron chi connectivity index (χ0n) is 10.2. The molecule has 2 aromatic carbocycles. The minimum Gasteiger partial charge on any atom is -0.506 e. The van der Waals surface area contributed by atoms with Gasteiger partial charge in [-0.2, -0.15) is 0 Å². The first-order chi connectivity index (χ1) is 8.97. The molecule has 0 spiro atoms. The van der Waals surface area contributed by atoms with Crippen molar-refractivity contribution in [2.75, 3.05) is 11.9 Å². The molecule has 0 aliphatic rings. The highest BCUT2D eigenvalue weighted by Crippen LogP contribution is 2.32. The highest BCUT2D eigenvalue weighted by Gasteiger charge is 2.11. The molecule has 0 saturated carbocycles. The molecule has 5 heteroatoms. The Labute approximate surface area is 121 Å². The smallest absolute Gasteiger partial charge is 0.139 e. The first-order valence-corrected chi connectivity index (χ1v) is 6.36. The summed E-state index contributed by atoms with van der Waals surface area (Å²) in [5.41, 5.74) is 1.29. The topological polar surface area (TPSA) is 23.5 Å². The molecule has 1 N–H and O–H groups in total. The van der Waals surface area contributed by atoms with Gasteiger partial charge in [0.05, 0.1) is 5.02 Å². The lowest BCUT2D eigenvalue weighted by molar-refractivity contribution is 0.468. The monoisotopic (exact) mass is 299 g/mol. The third-order valence-corrected chi connectivity index (χ3v) is 3.27. The van der Waals surface area contributed by atoms with E-state index in [2.05, 4.69) is 0 Å². The number of phenols is 1. The van der Waals surface area contributed by atoms with Crippen molar-refractivity contribution in [3.05, 3.63) is 57.8 Å². The van der Waals surface area contributed by atoms with Crippen LogP contribution in [-0.4, -0.2) is 12.2 Å². The number of rotatable bonds is 3. The van der Waals surface area contributed by atoms with Gasteiger partial charge < -0.3 is 10.0 Å². The van der Waals surface area contributed by atoms with Crippen LogP contribution in [0.2, 0.25) is 10.0 Å². The van der Waals surface area contributed by atoms with Crippen LogP contribution in [0.5, 0.6) is 5.75 Å². The maximum Gasteiger partial charge on any atom is 0.139 e. The van der Waals surface area contributed by atoms with Crippen LogP contribution in [0, 0.1) is 5.82 Å². The maximum atomic E-state index is 13.2. The van der Waals surface area contributed by atoms with Crippen molar-refractivity contribution in [1.29, 1.82) is 0 Å². The summed E-state index contributed by atoms with van der Waals surface area (Å²) in [7, 11) is 1.79. The summed E-state index contributed by atoms with van der Waals surface area (Å²) in [5.74, 6) is -0.313. The minimum absolute atomic E-state index is 0.00526. The molecule has 0 bridgehead atoms. The summed E-state index contributed by atoms with van der Waals surface area (Å²) in [4.78, 5) is 1.80. The number of halogens is 3. The van der Waals surface area contributed by atoms with Crippen LogP contribution in [0.4, 0.5) is 10.1 Å². The van der Waals surface area contributed by atoms with Gasteiger partial charge in [0.1, 0.15) is 11.6 Å². The molecule has 19 heavy (non-hydrogen) atoms. The van der Waals surface area contributed by atoms with E-state index < -0.39 is 0 Å². The fourth-order valence-corrected chi connectivity index (χ4v) is 2.34. The summed E-state index contributed by atoms with van der Waals surface area (Å²) < 4.78 is 13.2. The average molecular weight is 300 g/mol. The van der Waals surface area contributed by atoms with E-state index in [0.29, 0.717) is 22.8 Å². The third-order valence-electron chi connectivity index (χ3n) is 2.76. The standard InChI is InChI=1S/C14H12Cl2FNO/c1-18(12-4-2-3-11(17)7-12)8-9-5-10(15)6-13(16)14(9)19/h2-7,19H,8H2,1H3. The van der Waals surface area contributed by atoms with Gasteiger partial charge in [-0.05, 0) is 30.3 Å². The van der Waals surface area contributed by atoms with Crippen molar-refractivity contribution in [3.63, 3.8) is 0 Å². The number of anilines is 1. The van der Waals surface area contributed by atoms with Gasteiger partial charge in [0.15, 0.2) is 0 Å². The fraction of sp³-hybridized carbons (Fsp3) is 0.143. The van der Waals surface area contributed by atoms with Gasteiger partial charge in [-0.3, -0.25) is 0 Å². The van der Waals surface area contributed by atoms with Crippen LogP contribution >= 0.6 is 23.2 Å². The quantitative estimate of drug-likeness (QED) is 0.903. The number of aromatic hydroxyl groups is 1. The van der Waals surface area contributed by atoms with Crippen LogP contribution in [0.25, 0.3) is 0 Å². The molecule has 2 aromatic rings. The SMILES string of the molecule is CN(Cc1cc(Cl)cc(Cl)c1O)c1cccc(F)c1. The van der Waals surface area contributed by atoms with Crippen LogP contribution in [0.1, 0.15) is 5.56 Å². The number of hydrogen-bond donors (Lipinski definition) is 1. The van der Waals surface area contributed by atoms with Crippen molar-refractivity contribution in [3.8, 4) is 5.75 Å². The Kier molecular flexibility index (Phi) is 4.17. The highest BCUT2D eigenvalue weighted by molar-refractivity contribution is 6.35. The molecule has 100 valence electrons. The Bertz CT molecular complexity index is 604.